The normalized spacial score (nSPS) is 10.3. The molecule has 0 heterocycles. The highest BCUT2D eigenvalue weighted by Crippen LogP contribution is 2.30. The third-order valence-electron chi connectivity index (χ3n) is 2.43. The second kappa shape index (κ2) is 5.47. The smallest absolute Gasteiger partial charge is 0.258 e. The number of rotatable bonds is 2. The molecule has 3 nitrogen and oxygen atoms in total. The lowest BCUT2D eigenvalue weighted by Crippen LogP contribution is -2.14. The molecule has 3 N–H and O–H groups in total. The lowest BCUT2D eigenvalue weighted by atomic mass is 10.1. The molecule has 0 saturated heterocycles. The predicted molar refractivity (Wildman–Crippen MR) is 75.2 cm³/mol. The SMILES string of the molecule is Nc1ccc(F)c(C(=O)Nc2cccc(Cl)c2Cl)c1. The number of hydrogen-bond acceptors (Lipinski definition) is 2. The van der Waals surface area contributed by atoms with Crippen molar-refractivity contribution < 1.29 is 9.18 Å². The van der Waals surface area contributed by atoms with Crippen molar-refractivity contribution in [2.24, 2.45) is 0 Å². The van der Waals surface area contributed by atoms with E-state index >= 15 is 0 Å². The maximum atomic E-state index is 13.5. The van der Waals surface area contributed by atoms with E-state index in [4.69, 9.17) is 28.9 Å². The third kappa shape index (κ3) is 2.97. The Morgan fingerprint density at radius 2 is 1.95 bits per heavy atom. The number of nitrogen functional groups attached to an aromatic ring is 1. The van der Waals surface area contributed by atoms with Gasteiger partial charge in [-0.2, -0.15) is 0 Å². The van der Waals surface area contributed by atoms with Gasteiger partial charge in [0.15, 0.2) is 0 Å². The Hall–Kier alpha value is -1.78. The molecule has 2 rings (SSSR count). The molecule has 2 aromatic carbocycles. The minimum atomic E-state index is -0.662. The Bertz CT molecular complexity index is 647. The highest BCUT2D eigenvalue weighted by Gasteiger charge is 2.14. The van der Waals surface area contributed by atoms with Gasteiger partial charge in [0, 0.05) is 5.69 Å². The van der Waals surface area contributed by atoms with E-state index in [0.29, 0.717) is 16.4 Å². The number of anilines is 2. The maximum absolute atomic E-state index is 13.5. The summed E-state index contributed by atoms with van der Waals surface area (Å²) >= 11 is 11.8. The van der Waals surface area contributed by atoms with Crippen LogP contribution < -0.4 is 11.1 Å². The van der Waals surface area contributed by atoms with Gasteiger partial charge in [0.05, 0.1) is 21.3 Å². The number of amides is 1. The molecule has 0 atom stereocenters. The summed E-state index contributed by atoms with van der Waals surface area (Å²) in [5.74, 6) is -1.31. The van der Waals surface area contributed by atoms with Crippen molar-refractivity contribution >= 4 is 40.5 Å². The lowest BCUT2D eigenvalue weighted by molar-refractivity contribution is 0.102. The Balaban J connectivity index is 2.31. The van der Waals surface area contributed by atoms with Crippen molar-refractivity contribution in [1.82, 2.24) is 0 Å². The molecule has 0 unspecified atom stereocenters. The van der Waals surface area contributed by atoms with Gasteiger partial charge in [-0.05, 0) is 30.3 Å². The summed E-state index contributed by atoms with van der Waals surface area (Å²) in [5, 5.41) is 2.98. The number of benzene rings is 2. The van der Waals surface area contributed by atoms with Crippen molar-refractivity contribution in [3.8, 4) is 0 Å². The number of hydrogen-bond donors (Lipinski definition) is 2. The second-order valence-corrected chi connectivity index (χ2v) is 4.58. The van der Waals surface area contributed by atoms with Crippen LogP contribution in [-0.2, 0) is 0 Å². The molecule has 0 aliphatic rings. The van der Waals surface area contributed by atoms with Crippen molar-refractivity contribution in [2.45, 2.75) is 0 Å². The van der Waals surface area contributed by atoms with Crippen LogP contribution in [0.3, 0.4) is 0 Å². The zero-order valence-corrected chi connectivity index (χ0v) is 11.1. The Kier molecular flexibility index (Phi) is 3.93. The summed E-state index contributed by atoms with van der Waals surface area (Å²) in [6.45, 7) is 0. The van der Waals surface area contributed by atoms with Crippen molar-refractivity contribution in [3.63, 3.8) is 0 Å². The van der Waals surface area contributed by atoms with Crippen LogP contribution in [0.1, 0.15) is 10.4 Å². The highest BCUT2D eigenvalue weighted by molar-refractivity contribution is 6.44. The van der Waals surface area contributed by atoms with Gasteiger partial charge in [-0.3, -0.25) is 4.79 Å². The van der Waals surface area contributed by atoms with Gasteiger partial charge < -0.3 is 11.1 Å². The summed E-state index contributed by atoms with van der Waals surface area (Å²) in [7, 11) is 0. The van der Waals surface area contributed by atoms with Crippen LogP contribution in [0.2, 0.25) is 10.0 Å². The van der Waals surface area contributed by atoms with E-state index in [2.05, 4.69) is 5.32 Å². The molecular weight excluding hydrogens is 290 g/mol. The topological polar surface area (TPSA) is 55.1 Å². The molecule has 0 aliphatic carbocycles. The van der Waals surface area contributed by atoms with Gasteiger partial charge in [0.1, 0.15) is 5.82 Å². The number of carbonyl (C=O) groups excluding carboxylic acids is 1. The fourth-order valence-corrected chi connectivity index (χ4v) is 1.85. The minimum Gasteiger partial charge on any atom is -0.399 e. The average molecular weight is 299 g/mol. The molecule has 98 valence electrons. The highest BCUT2D eigenvalue weighted by atomic mass is 35.5. The molecular formula is C13H9Cl2FN2O. The number of nitrogens with two attached hydrogens (primary N) is 1. The van der Waals surface area contributed by atoms with Crippen LogP contribution in [-0.4, -0.2) is 5.91 Å². The first-order valence-corrected chi connectivity index (χ1v) is 6.05. The zero-order chi connectivity index (χ0) is 14.0. The van der Waals surface area contributed by atoms with Crippen molar-refractivity contribution in [3.05, 3.63) is 57.8 Å². The van der Waals surface area contributed by atoms with Crippen LogP contribution >= 0.6 is 23.2 Å². The van der Waals surface area contributed by atoms with E-state index in [1.54, 1.807) is 18.2 Å². The van der Waals surface area contributed by atoms with Gasteiger partial charge in [-0.1, -0.05) is 29.3 Å². The van der Waals surface area contributed by atoms with Crippen LogP contribution in [0.4, 0.5) is 15.8 Å². The van der Waals surface area contributed by atoms with Gasteiger partial charge >= 0.3 is 0 Å². The summed E-state index contributed by atoms with van der Waals surface area (Å²) in [5.41, 5.74) is 5.96. The Labute approximate surface area is 119 Å². The number of nitrogens with one attached hydrogen (secondary N) is 1. The largest absolute Gasteiger partial charge is 0.399 e. The summed E-state index contributed by atoms with van der Waals surface area (Å²) in [4.78, 5) is 11.9. The molecule has 19 heavy (non-hydrogen) atoms. The molecule has 0 bridgehead atoms. The van der Waals surface area contributed by atoms with E-state index in [0.717, 1.165) is 6.07 Å². The predicted octanol–water partition coefficient (Wildman–Crippen LogP) is 3.97. The van der Waals surface area contributed by atoms with E-state index in [9.17, 15) is 9.18 Å². The minimum absolute atomic E-state index is 0.156. The second-order valence-electron chi connectivity index (χ2n) is 3.79. The number of halogens is 3. The van der Waals surface area contributed by atoms with E-state index in [1.807, 2.05) is 0 Å². The van der Waals surface area contributed by atoms with E-state index in [-0.39, 0.29) is 10.6 Å². The van der Waals surface area contributed by atoms with Gasteiger partial charge in [-0.15, -0.1) is 0 Å². The summed E-state index contributed by atoms with van der Waals surface area (Å²) in [6, 6.07) is 8.53. The molecule has 0 saturated carbocycles. The summed E-state index contributed by atoms with van der Waals surface area (Å²) < 4.78 is 13.5. The molecule has 0 aliphatic heterocycles. The monoisotopic (exact) mass is 298 g/mol. The molecule has 0 aromatic heterocycles. The first-order valence-electron chi connectivity index (χ1n) is 5.29. The Morgan fingerprint density at radius 3 is 2.68 bits per heavy atom. The van der Waals surface area contributed by atoms with Crippen LogP contribution in [0, 0.1) is 5.82 Å². The molecule has 1 amide bonds. The summed E-state index contributed by atoms with van der Waals surface area (Å²) in [6.07, 6.45) is 0. The molecule has 0 spiro atoms. The molecule has 6 heteroatoms. The standard InChI is InChI=1S/C13H9Cl2FN2O/c14-9-2-1-3-11(12(9)15)18-13(19)8-6-7(17)4-5-10(8)16/h1-6H,17H2,(H,18,19). The molecule has 0 radical (unpaired) electrons. The van der Waals surface area contributed by atoms with Crippen molar-refractivity contribution in [2.75, 3.05) is 11.1 Å². The van der Waals surface area contributed by atoms with Crippen molar-refractivity contribution in [1.29, 1.82) is 0 Å². The fourth-order valence-electron chi connectivity index (χ4n) is 1.51. The average Bonchev–Trinajstić information content (AvgIpc) is 2.38. The first-order chi connectivity index (χ1) is 8.99. The van der Waals surface area contributed by atoms with E-state index < -0.39 is 11.7 Å². The third-order valence-corrected chi connectivity index (χ3v) is 3.25. The van der Waals surface area contributed by atoms with Gasteiger partial charge in [0.25, 0.3) is 5.91 Å². The first kappa shape index (κ1) is 13.6. The fraction of sp³-hybridized carbons (Fsp3) is 0. The molecule has 2 aromatic rings. The van der Waals surface area contributed by atoms with Crippen LogP contribution in [0.25, 0.3) is 0 Å². The quantitative estimate of drug-likeness (QED) is 0.824. The molecule has 0 fully saturated rings. The van der Waals surface area contributed by atoms with Gasteiger partial charge in [-0.25, -0.2) is 4.39 Å². The Morgan fingerprint density at radius 1 is 1.21 bits per heavy atom. The van der Waals surface area contributed by atoms with Gasteiger partial charge in [0.2, 0.25) is 0 Å². The lowest BCUT2D eigenvalue weighted by Gasteiger charge is -2.09. The zero-order valence-electron chi connectivity index (χ0n) is 9.58. The van der Waals surface area contributed by atoms with Crippen LogP contribution in [0.15, 0.2) is 36.4 Å². The maximum Gasteiger partial charge on any atom is 0.258 e. The van der Waals surface area contributed by atoms with E-state index in [1.165, 1.54) is 12.1 Å². The van der Waals surface area contributed by atoms with Crippen LogP contribution in [0.5, 0.6) is 0 Å². The number of carbonyl (C=O) groups is 1.